The van der Waals surface area contributed by atoms with Crippen LogP contribution in [0.4, 0.5) is 0 Å². The van der Waals surface area contributed by atoms with Crippen molar-refractivity contribution < 1.29 is 9.84 Å². The zero-order valence-corrected chi connectivity index (χ0v) is 13.5. The molecule has 3 nitrogen and oxygen atoms in total. The smallest absolute Gasteiger partial charge is 0.123 e. The van der Waals surface area contributed by atoms with Gasteiger partial charge < -0.3 is 15.2 Å². The van der Waals surface area contributed by atoms with E-state index in [2.05, 4.69) is 39.1 Å². The van der Waals surface area contributed by atoms with E-state index in [9.17, 15) is 5.11 Å². The van der Waals surface area contributed by atoms with Crippen LogP contribution in [0.3, 0.4) is 0 Å². The second kappa shape index (κ2) is 7.09. The van der Waals surface area contributed by atoms with Crippen molar-refractivity contribution in [2.75, 3.05) is 19.7 Å². The van der Waals surface area contributed by atoms with Gasteiger partial charge in [-0.3, -0.25) is 0 Å². The molecule has 0 aliphatic carbocycles. The summed E-state index contributed by atoms with van der Waals surface area (Å²) in [4.78, 5) is 0. The van der Waals surface area contributed by atoms with E-state index in [4.69, 9.17) is 4.74 Å². The highest BCUT2D eigenvalue weighted by Gasteiger charge is 2.23. The predicted molar refractivity (Wildman–Crippen MR) is 84.4 cm³/mol. The van der Waals surface area contributed by atoms with Gasteiger partial charge in [-0.05, 0) is 36.9 Å². The number of benzene rings is 1. The van der Waals surface area contributed by atoms with Crippen molar-refractivity contribution in [3.05, 3.63) is 29.8 Å². The summed E-state index contributed by atoms with van der Waals surface area (Å²) in [7, 11) is 0. The Kier molecular flexibility index (Phi) is 6.03. The summed E-state index contributed by atoms with van der Waals surface area (Å²) >= 11 is 0. The van der Waals surface area contributed by atoms with Crippen molar-refractivity contribution in [1.29, 1.82) is 0 Å². The van der Waals surface area contributed by atoms with Gasteiger partial charge in [0.05, 0.1) is 0 Å². The monoisotopic (exact) mass is 279 g/mol. The first-order chi connectivity index (χ1) is 9.26. The summed E-state index contributed by atoms with van der Waals surface area (Å²) in [5, 5.41) is 13.5. The molecule has 0 amide bonds. The third-order valence-corrected chi connectivity index (χ3v) is 3.17. The molecule has 0 aromatic heterocycles. The van der Waals surface area contributed by atoms with Crippen molar-refractivity contribution in [3.8, 4) is 5.75 Å². The molecule has 1 unspecified atom stereocenters. The van der Waals surface area contributed by atoms with Crippen LogP contribution in [0.2, 0.25) is 0 Å². The largest absolute Gasteiger partial charge is 0.490 e. The van der Waals surface area contributed by atoms with Gasteiger partial charge in [-0.1, -0.05) is 45.9 Å². The Balaban J connectivity index is 2.66. The van der Waals surface area contributed by atoms with E-state index in [0.29, 0.717) is 6.54 Å². The van der Waals surface area contributed by atoms with Gasteiger partial charge in [0.2, 0.25) is 0 Å². The number of aliphatic hydroxyl groups is 1. The number of para-hydroxylation sites is 1. The molecule has 0 fully saturated rings. The van der Waals surface area contributed by atoms with Crippen LogP contribution in [0.25, 0.3) is 0 Å². The summed E-state index contributed by atoms with van der Waals surface area (Å²) in [6, 6.07) is 8.04. The molecule has 1 aromatic carbocycles. The maximum atomic E-state index is 10.3. The quantitative estimate of drug-likeness (QED) is 0.754. The minimum atomic E-state index is -0.861. The van der Waals surface area contributed by atoms with E-state index in [1.807, 2.05) is 18.2 Å². The van der Waals surface area contributed by atoms with Gasteiger partial charge in [-0.15, -0.1) is 0 Å². The van der Waals surface area contributed by atoms with Crippen LogP contribution in [0, 0.1) is 0 Å². The normalized spacial score (nSPS) is 14.9. The molecule has 0 saturated carbocycles. The Morgan fingerprint density at radius 1 is 1.15 bits per heavy atom. The third kappa shape index (κ3) is 5.51. The fourth-order valence-electron chi connectivity index (χ4n) is 2.03. The lowest BCUT2D eigenvalue weighted by molar-refractivity contribution is 0.0119. The lowest BCUT2D eigenvalue weighted by atomic mass is 9.86. The second-order valence-corrected chi connectivity index (χ2v) is 6.71. The number of ether oxygens (including phenoxy) is 1. The topological polar surface area (TPSA) is 41.5 Å². The molecule has 2 N–H and O–H groups in total. The van der Waals surface area contributed by atoms with Crippen LogP contribution < -0.4 is 10.1 Å². The lowest BCUT2D eigenvalue weighted by Crippen LogP contribution is -2.43. The molecule has 0 aliphatic heterocycles. The molecule has 0 radical (unpaired) electrons. The SMILES string of the molecule is CCCNCC(C)(O)COc1ccccc1C(C)(C)C. The van der Waals surface area contributed by atoms with Crippen LogP contribution in [0.5, 0.6) is 5.75 Å². The molecule has 1 aromatic rings. The van der Waals surface area contributed by atoms with Crippen molar-refractivity contribution in [2.24, 2.45) is 0 Å². The Morgan fingerprint density at radius 2 is 1.80 bits per heavy atom. The van der Waals surface area contributed by atoms with Crippen molar-refractivity contribution >= 4 is 0 Å². The Bertz CT molecular complexity index is 408. The first kappa shape index (κ1) is 17.0. The van der Waals surface area contributed by atoms with E-state index in [1.165, 1.54) is 0 Å². The average molecular weight is 279 g/mol. The van der Waals surface area contributed by atoms with Crippen molar-refractivity contribution in [3.63, 3.8) is 0 Å². The van der Waals surface area contributed by atoms with Crippen LogP contribution in [0.15, 0.2) is 24.3 Å². The lowest BCUT2D eigenvalue weighted by Gasteiger charge is -2.27. The first-order valence-electron chi connectivity index (χ1n) is 7.42. The number of rotatable bonds is 7. The summed E-state index contributed by atoms with van der Waals surface area (Å²) in [6.07, 6.45) is 1.06. The van der Waals surface area contributed by atoms with E-state index in [1.54, 1.807) is 6.92 Å². The van der Waals surface area contributed by atoms with Crippen molar-refractivity contribution in [2.45, 2.75) is 52.1 Å². The maximum Gasteiger partial charge on any atom is 0.123 e. The predicted octanol–water partition coefficient (Wildman–Crippen LogP) is 3.11. The molecule has 0 saturated heterocycles. The molecular weight excluding hydrogens is 250 g/mol. The minimum Gasteiger partial charge on any atom is -0.490 e. The average Bonchev–Trinajstić information content (AvgIpc) is 2.36. The molecule has 1 atom stereocenters. The second-order valence-electron chi connectivity index (χ2n) is 6.71. The summed E-state index contributed by atoms with van der Waals surface area (Å²) in [5.41, 5.74) is 0.334. The molecule has 114 valence electrons. The Morgan fingerprint density at radius 3 is 2.40 bits per heavy atom. The fraction of sp³-hybridized carbons (Fsp3) is 0.647. The standard InChI is InChI=1S/C17H29NO2/c1-6-11-18-12-17(5,19)13-20-15-10-8-7-9-14(15)16(2,3)4/h7-10,18-19H,6,11-13H2,1-5H3. The van der Waals surface area contributed by atoms with Gasteiger partial charge >= 0.3 is 0 Å². The number of hydrogen-bond donors (Lipinski definition) is 2. The van der Waals surface area contributed by atoms with Gasteiger partial charge in [-0.2, -0.15) is 0 Å². The molecule has 0 spiro atoms. The molecule has 1 rings (SSSR count). The molecule has 0 aliphatic rings. The molecule has 0 heterocycles. The van der Waals surface area contributed by atoms with E-state index >= 15 is 0 Å². The van der Waals surface area contributed by atoms with Crippen molar-refractivity contribution in [1.82, 2.24) is 5.32 Å². The molecule has 0 bridgehead atoms. The highest BCUT2D eigenvalue weighted by Crippen LogP contribution is 2.31. The number of nitrogens with one attached hydrogen (secondary N) is 1. The van der Waals surface area contributed by atoms with Gasteiger partial charge in [-0.25, -0.2) is 0 Å². The van der Waals surface area contributed by atoms with Gasteiger partial charge in [0.25, 0.3) is 0 Å². The van der Waals surface area contributed by atoms with E-state index < -0.39 is 5.60 Å². The molecule has 20 heavy (non-hydrogen) atoms. The van der Waals surface area contributed by atoms with Crippen LogP contribution >= 0.6 is 0 Å². The Hall–Kier alpha value is -1.06. The summed E-state index contributed by atoms with van der Waals surface area (Å²) < 4.78 is 5.87. The highest BCUT2D eigenvalue weighted by molar-refractivity contribution is 5.38. The molecule has 3 heteroatoms. The van der Waals surface area contributed by atoms with Crippen LogP contribution in [0.1, 0.15) is 46.6 Å². The zero-order chi connectivity index (χ0) is 15.2. The van der Waals surface area contributed by atoms with Crippen LogP contribution in [-0.2, 0) is 5.41 Å². The maximum absolute atomic E-state index is 10.3. The van der Waals surface area contributed by atoms with Gasteiger partial charge in [0.1, 0.15) is 18.0 Å². The van der Waals surface area contributed by atoms with Crippen LogP contribution in [-0.4, -0.2) is 30.4 Å². The number of hydrogen-bond acceptors (Lipinski definition) is 3. The Labute approximate surface area is 123 Å². The third-order valence-electron chi connectivity index (χ3n) is 3.17. The summed E-state index contributed by atoms with van der Waals surface area (Å²) in [6.45, 7) is 12.1. The zero-order valence-electron chi connectivity index (χ0n) is 13.5. The summed E-state index contributed by atoms with van der Waals surface area (Å²) in [5.74, 6) is 0.857. The van der Waals surface area contributed by atoms with Gasteiger partial charge in [0, 0.05) is 6.54 Å². The fourth-order valence-corrected chi connectivity index (χ4v) is 2.03. The minimum absolute atomic E-state index is 0.0307. The van der Waals surface area contributed by atoms with E-state index in [0.717, 1.165) is 24.3 Å². The highest BCUT2D eigenvalue weighted by atomic mass is 16.5. The first-order valence-corrected chi connectivity index (χ1v) is 7.42. The van der Waals surface area contributed by atoms with Gasteiger partial charge in [0.15, 0.2) is 0 Å². The van der Waals surface area contributed by atoms with E-state index in [-0.39, 0.29) is 12.0 Å². The molecular formula is C17H29NO2.